The zero-order valence-corrected chi connectivity index (χ0v) is 18.2. The Kier molecular flexibility index (Phi) is 6.25. The van der Waals surface area contributed by atoms with E-state index in [1.54, 1.807) is 15.9 Å². The Morgan fingerprint density at radius 2 is 1.93 bits per heavy atom. The maximum Gasteiger partial charge on any atom is 0.263 e. The fourth-order valence-electron chi connectivity index (χ4n) is 3.16. The first-order chi connectivity index (χ1) is 13.3. The smallest absolute Gasteiger partial charge is 0.263 e. The van der Waals surface area contributed by atoms with Gasteiger partial charge in [-0.15, -0.1) is 11.3 Å². The Balaban J connectivity index is 2.18. The van der Waals surface area contributed by atoms with E-state index in [0.717, 1.165) is 22.4 Å². The van der Waals surface area contributed by atoms with Gasteiger partial charge in [0.2, 0.25) is 5.91 Å². The predicted octanol–water partition coefficient (Wildman–Crippen LogP) is 4.04. The minimum Gasteiger partial charge on any atom is -0.369 e. The summed E-state index contributed by atoms with van der Waals surface area (Å²) in [6, 6.07) is 8.10. The van der Waals surface area contributed by atoms with Gasteiger partial charge in [0.05, 0.1) is 17.2 Å². The van der Waals surface area contributed by atoms with Crippen LogP contribution in [-0.4, -0.2) is 20.7 Å². The average Bonchev–Trinajstić information content (AvgIpc) is 2.99. The lowest BCUT2D eigenvalue weighted by molar-refractivity contribution is -0.117. The Morgan fingerprint density at radius 1 is 1.25 bits per heavy atom. The van der Waals surface area contributed by atoms with E-state index in [1.165, 1.54) is 22.2 Å². The molecule has 28 heavy (non-hydrogen) atoms. The molecular weight excluding hydrogens is 390 g/mol. The highest BCUT2D eigenvalue weighted by Gasteiger charge is 2.22. The summed E-state index contributed by atoms with van der Waals surface area (Å²) in [5.74, 6) is -0.389. The van der Waals surface area contributed by atoms with Gasteiger partial charge in [0.15, 0.2) is 5.16 Å². The number of nitrogens with two attached hydrogens (primary N) is 1. The van der Waals surface area contributed by atoms with Gasteiger partial charge in [0.1, 0.15) is 4.83 Å². The molecule has 0 aliphatic rings. The van der Waals surface area contributed by atoms with Crippen molar-refractivity contribution in [3.63, 3.8) is 0 Å². The Hall–Kier alpha value is -2.12. The van der Waals surface area contributed by atoms with Crippen LogP contribution in [0.2, 0.25) is 0 Å². The van der Waals surface area contributed by atoms with Gasteiger partial charge < -0.3 is 5.73 Å². The number of primary amides is 1. The number of thiophene rings is 1. The van der Waals surface area contributed by atoms with Crippen LogP contribution in [0.4, 0.5) is 0 Å². The van der Waals surface area contributed by atoms with Crippen LogP contribution in [0.1, 0.15) is 41.8 Å². The molecule has 1 unspecified atom stereocenters. The van der Waals surface area contributed by atoms with E-state index in [0.29, 0.717) is 23.5 Å². The van der Waals surface area contributed by atoms with Crippen molar-refractivity contribution in [1.29, 1.82) is 0 Å². The molecule has 0 aliphatic heterocycles. The molecule has 0 saturated carbocycles. The molecule has 1 aromatic carbocycles. The molecule has 1 amide bonds. The largest absolute Gasteiger partial charge is 0.369 e. The minimum atomic E-state index is -0.416. The van der Waals surface area contributed by atoms with E-state index in [2.05, 4.69) is 6.92 Å². The number of aryl methyl sites for hydroxylation is 3. The number of hydrogen-bond donors (Lipinski definition) is 1. The van der Waals surface area contributed by atoms with Gasteiger partial charge in [-0.3, -0.25) is 14.2 Å². The molecule has 0 saturated heterocycles. The van der Waals surface area contributed by atoms with Crippen molar-refractivity contribution in [1.82, 2.24) is 9.55 Å². The molecule has 3 rings (SSSR count). The summed E-state index contributed by atoms with van der Waals surface area (Å²) in [7, 11) is 0. The highest BCUT2D eigenvalue weighted by atomic mass is 32.2. The third-order valence-electron chi connectivity index (χ3n) is 4.83. The molecule has 148 valence electrons. The van der Waals surface area contributed by atoms with E-state index >= 15 is 0 Å². The Labute approximate surface area is 173 Å². The molecular formula is C21H25N3O2S2. The molecule has 0 aliphatic carbocycles. The molecule has 0 fully saturated rings. The van der Waals surface area contributed by atoms with Crippen molar-refractivity contribution in [2.45, 2.75) is 57.5 Å². The van der Waals surface area contributed by atoms with Crippen molar-refractivity contribution in [2.24, 2.45) is 5.73 Å². The molecule has 2 N–H and O–H groups in total. The lowest BCUT2D eigenvalue weighted by Gasteiger charge is -2.16. The number of aromatic nitrogens is 2. The topological polar surface area (TPSA) is 78.0 Å². The van der Waals surface area contributed by atoms with E-state index in [9.17, 15) is 9.59 Å². The fraction of sp³-hybridized carbons (Fsp3) is 0.381. The summed E-state index contributed by atoms with van der Waals surface area (Å²) in [6.07, 6.45) is 1.45. The van der Waals surface area contributed by atoms with Crippen molar-refractivity contribution in [3.8, 4) is 0 Å². The first-order valence-electron chi connectivity index (χ1n) is 9.40. The maximum absolute atomic E-state index is 13.4. The first-order valence-corrected chi connectivity index (χ1v) is 11.1. The zero-order chi connectivity index (χ0) is 20.4. The van der Waals surface area contributed by atoms with Crippen molar-refractivity contribution < 1.29 is 4.79 Å². The second-order valence-corrected chi connectivity index (χ2v) is 9.13. The standard InChI is InChI=1S/C21H25N3O2S2/c1-5-15-13(4)17-19(27-15)23-21(28-16(6-2)18(22)25)24(20(17)26)11-14-9-7-12(3)8-10-14/h7-10,16H,5-6,11H2,1-4H3,(H2,22,25). The third kappa shape index (κ3) is 4.00. The summed E-state index contributed by atoms with van der Waals surface area (Å²) < 4.78 is 1.68. The maximum atomic E-state index is 13.4. The van der Waals surface area contributed by atoms with Crippen molar-refractivity contribution in [3.05, 3.63) is 56.2 Å². The van der Waals surface area contributed by atoms with Gasteiger partial charge in [-0.1, -0.05) is 55.4 Å². The molecule has 5 nitrogen and oxygen atoms in total. The van der Waals surface area contributed by atoms with Gasteiger partial charge in [-0.2, -0.15) is 0 Å². The summed E-state index contributed by atoms with van der Waals surface area (Å²) in [5, 5.41) is 0.818. The molecule has 0 radical (unpaired) electrons. The van der Waals surface area contributed by atoms with E-state index in [1.807, 2.05) is 45.0 Å². The second kappa shape index (κ2) is 8.49. The van der Waals surface area contributed by atoms with Crippen LogP contribution in [0, 0.1) is 13.8 Å². The van der Waals surface area contributed by atoms with Crippen LogP contribution in [0.3, 0.4) is 0 Å². The number of benzene rings is 1. The van der Waals surface area contributed by atoms with Crippen LogP contribution in [-0.2, 0) is 17.8 Å². The van der Waals surface area contributed by atoms with Gasteiger partial charge in [0.25, 0.3) is 5.56 Å². The molecule has 3 aromatic rings. The molecule has 7 heteroatoms. The Bertz CT molecular complexity index is 1070. The number of fused-ring (bicyclic) bond motifs is 1. The quantitative estimate of drug-likeness (QED) is 0.467. The molecule has 1 atom stereocenters. The fourth-order valence-corrected chi connectivity index (χ4v) is 5.28. The van der Waals surface area contributed by atoms with Gasteiger partial charge in [-0.25, -0.2) is 4.98 Å². The third-order valence-corrected chi connectivity index (χ3v) is 7.53. The van der Waals surface area contributed by atoms with E-state index in [4.69, 9.17) is 10.7 Å². The van der Waals surface area contributed by atoms with Crippen LogP contribution in [0.5, 0.6) is 0 Å². The molecule has 0 bridgehead atoms. The highest BCUT2D eigenvalue weighted by Crippen LogP contribution is 2.31. The summed E-state index contributed by atoms with van der Waals surface area (Å²) in [4.78, 5) is 31.9. The number of nitrogens with zero attached hydrogens (tertiary/aromatic N) is 2. The van der Waals surface area contributed by atoms with Crippen molar-refractivity contribution >= 4 is 39.2 Å². The summed E-state index contributed by atoms with van der Waals surface area (Å²) in [6.45, 7) is 8.43. The predicted molar refractivity (Wildman–Crippen MR) is 117 cm³/mol. The molecule has 0 spiro atoms. The van der Waals surface area contributed by atoms with E-state index in [-0.39, 0.29) is 11.5 Å². The molecule has 2 heterocycles. The zero-order valence-electron chi connectivity index (χ0n) is 16.6. The normalized spacial score (nSPS) is 12.4. The monoisotopic (exact) mass is 415 g/mol. The lowest BCUT2D eigenvalue weighted by Crippen LogP contribution is -2.28. The Morgan fingerprint density at radius 3 is 2.50 bits per heavy atom. The number of hydrogen-bond acceptors (Lipinski definition) is 5. The molecule has 2 aromatic heterocycles. The average molecular weight is 416 g/mol. The summed E-state index contributed by atoms with van der Waals surface area (Å²) >= 11 is 2.84. The number of thioether (sulfide) groups is 1. The highest BCUT2D eigenvalue weighted by molar-refractivity contribution is 8.00. The first kappa shape index (κ1) is 20.6. The van der Waals surface area contributed by atoms with Crippen LogP contribution in [0.15, 0.2) is 34.2 Å². The van der Waals surface area contributed by atoms with Gasteiger partial charge in [0, 0.05) is 4.88 Å². The lowest BCUT2D eigenvalue weighted by atomic mass is 10.1. The van der Waals surface area contributed by atoms with Crippen LogP contribution in [0.25, 0.3) is 10.2 Å². The van der Waals surface area contributed by atoms with Gasteiger partial charge in [-0.05, 0) is 37.8 Å². The van der Waals surface area contributed by atoms with Gasteiger partial charge >= 0.3 is 0 Å². The number of carbonyl (C=O) groups excluding carboxylic acids is 1. The number of carbonyl (C=O) groups is 1. The van der Waals surface area contributed by atoms with Crippen LogP contribution >= 0.6 is 23.1 Å². The van der Waals surface area contributed by atoms with Crippen molar-refractivity contribution in [2.75, 3.05) is 0 Å². The number of amides is 1. The van der Waals surface area contributed by atoms with Crippen LogP contribution < -0.4 is 11.3 Å². The second-order valence-electron chi connectivity index (χ2n) is 6.87. The van der Waals surface area contributed by atoms with E-state index < -0.39 is 5.25 Å². The number of rotatable bonds is 7. The SMILES string of the molecule is CCc1sc2nc(SC(CC)C(N)=O)n(Cc3ccc(C)cc3)c(=O)c2c1C. The summed E-state index contributed by atoms with van der Waals surface area (Å²) in [5.41, 5.74) is 8.68. The minimum absolute atomic E-state index is 0.0548.